The van der Waals surface area contributed by atoms with E-state index in [-0.39, 0.29) is 23.9 Å². The maximum atomic E-state index is 12.5. The summed E-state index contributed by atoms with van der Waals surface area (Å²) in [5.74, 6) is 0.447. The third kappa shape index (κ3) is 4.45. The first-order valence-electron chi connectivity index (χ1n) is 9.88. The van der Waals surface area contributed by atoms with Crippen LogP contribution in [-0.2, 0) is 11.3 Å². The molecule has 0 aliphatic carbocycles. The van der Waals surface area contributed by atoms with Gasteiger partial charge in [0.15, 0.2) is 0 Å². The average molecular weight is 414 g/mol. The lowest BCUT2D eigenvalue weighted by Gasteiger charge is -2.11. The predicted octanol–water partition coefficient (Wildman–Crippen LogP) is 4.13. The number of nitrogens with zero attached hydrogens (tertiary/aromatic N) is 3. The number of amides is 1. The van der Waals surface area contributed by atoms with Gasteiger partial charge in [-0.15, -0.1) is 0 Å². The van der Waals surface area contributed by atoms with Crippen LogP contribution >= 0.6 is 0 Å². The molecular formula is C24H22N4O3. The Bertz CT molecular complexity index is 1320. The lowest BCUT2D eigenvalue weighted by Crippen LogP contribution is -2.27. The molecule has 4 aromatic rings. The standard InChI is InChI=1S/C24H22N4O3/c1-15-6-4-8-18(12-15)23-26-24(31-27-23)19-10-11-22(30)28(13-19)14-21(29)25-20-9-5-7-16(2)17(20)3/h4-13H,14H2,1-3H3,(H,25,29). The smallest absolute Gasteiger partial charge is 0.259 e. The molecule has 0 saturated carbocycles. The first-order chi connectivity index (χ1) is 14.9. The molecule has 7 nitrogen and oxygen atoms in total. The fourth-order valence-electron chi connectivity index (χ4n) is 3.25. The maximum Gasteiger partial charge on any atom is 0.259 e. The van der Waals surface area contributed by atoms with Crippen molar-refractivity contribution in [1.29, 1.82) is 0 Å². The molecule has 0 unspecified atom stereocenters. The molecule has 0 saturated heterocycles. The normalized spacial score (nSPS) is 10.8. The Hall–Kier alpha value is -4.00. The molecule has 156 valence electrons. The molecular weight excluding hydrogens is 392 g/mol. The highest BCUT2D eigenvalue weighted by Crippen LogP contribution is 2.22. The SMILES string of the molecule is Cc1cccc(-c2noc(-c3ccc(=O)n(CC(=O)Nc4cccc(C)c4C)c3)n2)c1. The van der Waals surface area contributed by atoms with Crippen molar-refractivity contribution in [2.75, 3.05) is 5.32 Å². The molecule has 0 atom stereocenters. The number of carbonyl (C=O) groups excluding carboxylic acids is 1. The van der Waals surface area contributed by atoms with E-state index in [1.807, 2.05) is 63.2 Å². The number of nitrogens with one attached hydrogen (secondary N) is 1. The molecule has 31 heavy (non-hydrogen) atoms. The summed E-state index contributed by atoms with van der Waals surface area (Å²) in [6.45, 7) is 5.79. The Kier molecular flexibility index (Phi) is 5.49. The van der Waals surface area contributed by atoms with Crippen LogP contribution < -0.4 is 10.9 Å². The van der Waals surface area contributed by atoms with E-state index in [4.69, 9.17) is 4.52 Å². The lowest BCUT2D eigenvalue weighted by molar-refractivity contribution is -0.116. The third-order valence-electron chi connectivity index (χ3n) is 5.13. The van der Waals surface area contributed by atoms with E-state index in [1.165, 1.54) is 10.6 Å². The molecule has 0 radical (unpaired) electrons. The van der Waals surface area contributed by atoms with Crippen molar-refractivity contribution >= 4 is 11.6 Å². The Morgan fingerprint density at radius 2 is 1.84 bits per heavy atom. The molecule has 2 aromatic carbocycles. The van der Waals surface area contributed by atoms with E-state index in [2.05, 4.69) is 15.5 Å². The van der Waals surface area contributed by atoms with Gasteiger partial charge in [0, 0.05) is 23.5 Å². The molecule has 2 heterocycles. The zero-order chi connectivity index (χ0) is 22.0. The summed E-state index contributed by atoms with van der Waals surface area (Å²) in [5.41, 5.74) is 5.01. The van der Waals surface area contributed by atoms with Crippen molar-refractivity contribution < 1.29 is 9.32 Å². The Labute approximate surface area is 179 Å². The number of pyridine rings is 1. The van der Waals surface area contributed by atoms with Crippen molar-refractivity contribution in [2.24, 2.45) is 0 Å². The van der Waals surface area contributed by atoms with Gasteiger partial charge in [0.1, 0.15) is 6.54 Å². The summed E-state index contributed by atoms with van der Waals surface area (Å²) in [5, 5.41) is 6.90. The molecule has 1 N–H and O–H groups in total. The van der Waals surface area contributed by atoms with Crippen molar-refractivity contribution in [1.82, 2.24) is 14.7 Å². The van der Waals surface area contributed by atoms with Crippen LogP contribution in [0.15, 0.2) is 70.1 Å². The largest absolute Gasteiger partial charge is 0.334 e. The monoisotopic (exact) mass is 414 g/mol. The van der Waals surface area contributed by atoms with Crippen LogP contribution in [-0.4, -0.2) is 20.6 Å². The highest BCUT2D eigenvalue weighted by molar-refractivity contribution is 5.91. The first kappa shape index (κ1) is 20.3. The molecule has 0 fully saturated rings. The number of aromatic nitrogens is 3. The van der Waals surface area contributed by atoms with Crippen LogP contribution in [0.4, 0.5) is 5.69 Å². The quantitative estimate of drug-likeness (QED) is 0.530. The zero-order valence-corrected chi connectivity index (χ0v) is 17.5. The van der Waals surface area contributed by atoms with E-state index in [0.29, 0.717) is 11.4 Å². The van der Waals surface area contributed by atoms with Gasteiger partial charge in [0.2, 0.25) is 11.7 Å². The summed E-state index contributed by atoms with van der Waals surface area (Å²) >= 11 is 0. The fraction of sp³-hybridized carbons (Fsp3) is 0.167. The number of aryl methyl sites for hydroxylation is 2. The second kappa shape index (κ2) is 8.39. The first-order valence-corrected chi connectivity index (χ1v) is 9.88. The van der Waals surface area contributed by atoms with E-state index in [1.54, 1.807) is 12.3 Å². The Balaban J connectivity index is 1.56. The molecule has 1 amide bonds. The van der Waals surface area contributed by atoms with E-state index in [0.717, 1.165) is 27.9 Å². The van der Waals surface area contributed by atoms with Crippen LogP contribution in [0.3, 0.4) is 0 Å². The van der Waals surface area contributed by atoms with Gasteiger partial charge in [0.25, 0.3) is 11.4 Å². The molecule has 7 heteroatoms. The average Bonchev–Trinajstić information content (AvgIpc) is 3.23. The van der Waals surface area contributed by atoms with Gasteiger partial charge in [-0.2, -0.15) is 4.98 Å². The highest BCUT2D eigenvalue weighted by Gasteiger charge is 2.14. The van der Waals surface area contributed by atoms with Crippen LogP contribution in [0.5, 0.6) is 0 Å². The molecule has 0 aliphatic rings. The van der Waals surface area contributed by atoms with Crippen LogP contribution in [0.25, 0.3) is 22.8 Å². The summed E-state index contributed by atoms with van der Waals surface area (Å²) in [6.07, 6.45) is 1.55. The van der Waals surface area contributed by atoms with Gasteiger partial charge in [-0.05, 0) is 50.1 Å². The molecule has 0 aliphatic heterocycles. The zero-order valence-electron chi connectivity index (χ0n) is 17.5. The Morgan fingerprint density at radius 1 is 1.03 bits per heavy atom. The topological polar surface area (TPSA) is 90.0 Å². The molecule has 2 aromatic heterocycles. The number of hydrogen-bond acceptors (Lipinski definition) is 5. The number of hydrogen-bond donors (Lipinski definition) is 1. The fourth-order valence-corrected chi connectivity index (χ4v) is 3.25. The van der Waals surface area contributed by atoms with Crippen LogP contribution in [0.1, 0.15) is 16.7 Å². The van der Waals surface area contributed by atoms with Crippen molar-refractivity contribution in [2.45, 2.75) is 27.3 Å². The number of benzene rings is 2. The number of rotatable bonds is 5. The molecule has 0 bridgehead atoms. The van der Waals surface area contributed by atoms with Gasteiger partial charge in [-0.1, -0.05) is 41.1 Å². The highest BCUT2D eigenvalue weighted by atomic mass is 16.5. The second-order valence-electron chi connectivity index (χ2n) is 7.47. The predicted molar refractivity (Wildman–Crippen MR) is 119 cm³/mol. The van der Waals surface area contributed by atoms with Crippen molar-refractivity contribution in [3.05, 3.63) is 87.8 Å². The summed E-state index contributed by atoms with van der Waals surface area (Å²) in [6, 6.07) is 16.5. The third-order valence-corrected chi connectivity index (χ3v) is 5.13. The van der Waals surface area contributed by atoms with Gasteiger partial charge in [-0.25, -0.2) is 0 Å². The summed E-state index contributed by atoms with van der Waals surface area (Å²) in [4.78, 5) is 29.3. The number of carbonyl (C=O) groups is 1. The van der Waals surface area contributed by atoms with Gasteiger partial charge >= 0.3 is 0 Å². The van der Waals surface area contributed by atoms with Gasteiger partial charge in [0.05, 0.1) is 5.56 Å². The van der Waals surface area contributed by atoms with Gasteiger partial charge in [-0.3, -0.25) is 9.59 Å². The Morgan fingerprint density at radius 3 is 2.65 bits per heavy atom. The molecule has 4 rings (SSSR count). The second-order valence-corrected chi connectivity index (χ2v) is 7.47. The minimum atomic E-state index is -0.293. The maximum absolute atomic E-state index is 12.5. The summed E-state index contributed by atoms with van der Waals surface area (Å²) < 4.78 is 6.72. The van der Waals surface area contributed by atoms with E-state index in [9.17, 15) is 9.59 Å². The minimum Gasteiger partial charge on any atom is -0.334 e. The van der Waals surface area contributed by atoms with E-state index < -0.39 is 0 Å². The van der Waals surface area contributed by atoms with Crippen molar-refractivity contribution in [3.63, 3.8) is 0 Å². The van der Waals surface area contributed by atoms with Crippen LogP contribution in [0.2, 0.25) is 0 Å². The molecule has 0 spiro atoms. The van der Waals surface area contributed by atoms with E-state index >= 15 is 0 Å². The van der Waals surface area contributed by atoms with Crippen LogP contribution in [0, 0.1) is 20.8 Å². The van der Waals surface area contributed by atoms with Gasteiger partial charge < -0.3 is 14.4 Å². The minimum absolute atomic E-state index is 0.126. The number of anilines is 1. The van der Waals surface area contributed by atoms with Crippen molar-refractivity contribution in [3.8, 4) is 22.8 Å². The lowest BCUT2D eigenvalue weighted by atomic mass is 10.1. The summed E-state index contributed by atoms with van der Waals surface area (Å²) in [7, 11) is 0.